The van der Waals surface area contributed by atoms with Crippen LogP contribution in [0.25, 0.3) is 16.5 Å². The predicted octanol–water partition coefficient (Wildman–Crippen LogP) is 7.77. The van der Waals surface area contributed by atoms with Gasteiger partial charge < -0.3 is 29.3 Å². The molecule has 1 aromatic carbocycles. The molecule has 9 atom stereocenters. The van der Waals surface area contributed by atoms with Crippen molar-refractivity contribution in [3.63, 3.8) is 0 Å². The number of Topliss-reactive ketones (excluding diaryl/α,β-unsaturated/α-hetero) is 1. The molecule has 0 radical (unpaired) electrons. The highest BCUT2D eigenvalue weighted by Gasteiger charge is 2.67. The van der Waals surface area contributed by atoms with E-state index in [0.29, 0.717) is 24.4 Å². The molecule has 3 heterocycles. The summed E-state index contributed by atoms with van der Waals surface area (Å²) >= 11 is 0. The molecule has 2 aliphatic heterocycles. The smallest absolute Gasteiger partial charge is 0.319 e. The van der Waals surface area contributed by atoms with Crippen LogP contribution < -0.4 is 0 Å². The van der Waals surface area contributed by atoms with Gasteiger partial charge in [-0.25, -0.2) is 4.79 Å². The number of hydrogen-bond donors (Lipinski definition) is 2. The zero-order valence-electron chi connectivity index (χ0n) is 33.2. The average Bonchev–Trinajstić information content (AvgIpc) is 3.71. The van der Waals surface area contributed by atoms with Gasteiger partial charge in [-0.05, 0) is 113 Å². The Morgan fingerprint density at radius 1 is 1.08 bits per heavy atom. The Labute approximate surface area is 309 Å². The standard InChI is InChI=1S/C44H59N3O5/c1-23(2)34-37(50)32-31-25(28-22-40(3,4)52-41(5,6)33(28)36(31)49)21-26-27-20-24-14-15-29-42(7,17-13-19-46(12)39(51)45(10)11)30(48)16-18-43(29,8)44(24,9)38(27)47(34)35(26)32/h13,17,21-22,24,29-30,33-34,36,48-49H,1,14-16,18-20H2,2-12H3/b17-13+/t24?,29-,30-,33?,34-,36+,42-,43-,44+/m0/s1. The highest BCUT2D eigenvalue weighted by atomic mass is 16.5. The van der Waals surface area contributed by atoms with Crippen molar-refractivity contribution >= 4 is 28.3 Å². The van der Waals surface area contributed by atoms with E-state index < -0.39 is 34.9 Å². The maximum absolute atomic E-state index is 14.9. The van der Waals surface area contributed by atoms with E-state index >= 15 is 0 Å². The van der Waals surface area contributed by atoms with E-state index in [-0.39, 0.29) is 34.5 Å². The van der Waals surface area contributed by atoms with Gasteiger partial charge in [0.05, 0.1) is 34.5 Å². The minimum Gasteiger partial charge on any atom is -0.392 e. The van der Waals surface area contributed by atoms with Gasteiger partial charge in [0.25, 0.3) is 0 Å². The fourth-order valence-corrected chi connectivity index (χ4v) is 13.0. The van der Waals surface area contributed by atoms with Gasteiger partial charge in [-0.1, -0.05) is 45.1 Å². The molecule has 280 valence electrons. The van der Waals surface area contributed by atoms with Crippen LogP contribution in [0.3, 0.4) is 0 Å². The van der Waals surface area contributed by atoms with Crippen molar-refractivity contribution in [3.8, 4) is 0 Å². The number of likely N-dealkylation sites (N-methyl/N-ethyl adjacent to an activating group) is 1. The van der Waals surface area contributed by atoms with Crippen molar-refractivity contribution in [2.24, 2.45) is 28.6 Å². The molecular weight excluding hydrogens is 651 g/mol. The molecule has 52 heavy (non-hydrogen) atoms. The second kappa shape index (κ2) is 10.9. The molecule has 2 unspecified atom stereocenters. The summed E-state index contributed by atoms with van der Waals surface area (Å²) in [7, 11) is 5.33. The largest absolute Gasteiger partial charge is 0.392 e. The lowest BCUT2D eigenvalue weighted by atomic mass is 9.40. The fraction of sp³-hybridized carbons (Fsp3) is 0.636. The number of allylic oxidation sites excluding steroid dienone is 1. The van der Waals surface area contributed by atoms with Crippen molar-refractivity contribution < 1.29 is 24.5 Å². The lowest BCUT2D eigenvalue weighted by molar-refractivity contribution is -0.145. The average molecular weight is 710 g/mol. The molecule has 8 rings (SSSR count). The number of rotatable bonds is 4. The number of urea groups is 1. The molecule has 8 nitrogen and oxygen atoms in total. The summed E-state index contributed by atoms with van der Waals surface area (Å²) in [4.78, 5) is 30.8. The third-order valence-electron chi connectivity index (χ3n) is 15.2. The summed E-state index contributed by atoms with van der Waals surface area (Å²) in [6.07, 6.45) is 9.69. The van der Waals surface area contributed by atoms with E-state index in [9.17, 15) is 19.8 Å². The van der Waals surface area contributed by atoms with Gasteiger partial charge in [0.2, 0.25) is 0 Å². The Morgan fingerprint density at radius 2 is 1.77 bits per heavy atom. The molecule has 0 saturated heterocycles. The zero-order valence-corrected chi connectivity index (χ0v) is 33.2. The van der Waals surface area contributed by atoms with Crippen molar-refractivity contribution in [1.29, 1.82) is 0 Å². The molecule has 1 aromatic heterocycles. The summed E-state index contributed by atoms with van der Waals surface area (Å²) in [6, 6.07) is 1.74. The quantitative estimate of drug-likeness (QED) is 0.317. The number of hydrogen-bond acceptors (Lipinski definition) is 5. The van der Waals surface area contributed by atoms with Gasteiger partial charge in [-0.2, -0.15) is 0 Å². The molecule has 6 aliphatic rings. The number of aromatic nitrogens is 1. The summed E-state index contributed by atoms with van der Waals surface area (Å²) < 4.78 is 8.91. The van der Waals surface area contributed by atoms with Crippen molar-refractivity contribution in [1.82, 2.24) is 14.4 Å². The summed E-state index contributed by atoms with van der Waals surface area (Å²) in [5.41, 5.74) is 5.88. The fourth-order valence-electron chi connectivity index (χ4n) is 13.0. The van der Waals surface area contributed by atoms with Crippen LogP contribution in [-0.4, -0.2) is 81.4 Å². The topological polar surface area (TPSA) is 95.2 Å². The molecule has 2 fully saturated rings. The van der Waals surface area contributed by atoms with E-state index in [1.165, 1.54) is 11.3 Å². The molecule has 2 aromatic rings. The lowest BCUT2D eigenvalue weighted by Gasteiger charge is -2.64. The lowest BCUT2D eigenvalue weighted by Crippen LogP contribution is -2.62. The highest BCUT2D eigenvalue weighted by Crippen LogP contribution is 2.71. The minimum atomic E-state index is -0.850. The van der Waals surface area contributed by atoms with Crippen molar-refractivity contribution in [2.45, 2.75) is 122 Å². The molecule has 2 N–H and O–H groups in total. The van der Waals surface area contributed by atoms with E-state index in [1.807, 2.05) is 14.0 Å². The molecule has 0 bridgehead atoms. The molecule has 2 amide bonds. The zero-order chi connectivity index (χ0) is 37.8. The first-order chi connectivity index (χ1) is 24.1. The Morgan fingerprint density at radius 3 is 2.42 bits per heavy atom. The van der Waals surface area contributed by atoms with Gasteiger partial charge >= 0.3 is 6.03 Å². The number of carbonyl (C=O) groups excluding carboxylic acids is 2. The maximum atomic E-state index is 14.9. The Hall–Kier alpha value is -3.20. The minimum absolute atomic E-state index is 0.0382. The van der Waals surface area contributed by atoms with Gasteiger partial charge in [-0.15, -0.1) is 0 Å². The number of amides is 2. The number of aliphatic hydroxyl groups excluding tert-OH is 2. The molecule has 0 spiro atoms. The number of fused-ring (bicyclic) bond motifs is 11. The van der Waals surface area contributed by atoms with Crippen LogP contribution in [0.1, 0.15) is 126 Å². The maximum Gasteiger partial charge on any atom is 0.319 e. The highest BCUT2D eigenvalue weighted by molar-refractivity contribution is 6.18. The normalized spacial score (nSPS) is 37.7. The number of ketones is 1. The number of carbonyl (C=O) groups is 2. The van der Waals surface area contributed by atoms with Gasteiger partial charge in [-0.3, -0.25) is 4.79 Å². The number of benzene rings is 1. The third-order valence-corrected chi connectivity index (χ3v) is 15.2. The van der Waals surface area contributed by atoms with Crippen LogP contribution in [0.2, 0.25) is 0 Å². The number of ether oxygens (including phenoxy) is 1. The third kappa shape index (κ3) is 4.32. The van der Waals surface area contributed by atoms with Crippen LogP contribution in [0, 0.1) is 28.6 Å². The second-order valence-corrected chi connectivity index (χ2v) is 19.3. The van der Waals surface area contributed by atoms with Crippen LogP contribution in [0.15, 0.2) is 36.4 Å². The van der Waals surface area contributed by atoms with Crippen LogP contribution in [0.5, 0.6) is 0 Å². The molecule has 4 aliphatic carbocycles. The van der Waals surface area contributed by atoms with Crippen molar-refractivity contribution in [2.75, 3.05) is 27.7 Å². The molecular formula is C44H59N3O5. The van der Waals surface area contributed by atoms with E-state index in [2.05, 4.69) is 83.9 Å². The Balaban J connectivity index is 1.31. The van der Waals surface area contributed by atoms with E-state index in [4.69, 9.17) is 4.74 Å². The van der Waals surface area contributed by atoms with Gasteiger partial charge in [0.15, 0.2) is 5.78 Å². The van der Waals surface area contributed by atoms with E-state index in [0.717, 1.165) is 58.9 Å². The monoisotopic (exact) mass is 709 g/mol. The summed E-state index contributed by atoms with van der Waals surface area (Å²) in [5.74, 6) is 0.362. The van der Waals surface area contributed by atoms with Crippen LogP contribution in [0.4, 0.5) is 4.79 Å². The van der Waals surface area contributed by atoms with E-state index in [1.54, 1.807) is 23.9 Å². The molecule has 8 heteroatoms. The van der Waals surface area contributed by atoms with Crippen molar-refractivity contribution in [3.05, 3.63) is 64.4 Å². The molecule has 2 saturated carbocycles. The Kier molecular flexibility index (Phi) is 7.54. The number of aliphatic hydroxyl groups is 2. The van der Waals surface area contributed by atoms with Crippen LogP contribution in [-0.2, 0) is 16.6 Å². The second-order valence-electron chi connectivity index (χ2n) is 19.3. The van der Waals surface area contributed by atoms with Crippen LogP contribution >= 0.6 is 0 Å². The first-order valence-corrected chi connectivity index (χ1v) is 19.5. The summed E-state index contributed by atoms with van der Waals surface area (Å²) in [5, 5.41) is 25.1. The SMILES string of the molecule is C=C(C)[C@H]1C(=O)c2c3c(cc4c5c(n1c24)[C@@]1(C)C(CC[C@H]2[C@](C)(/C=C/CN(C)C(=O)N(C)C)[C@@H](O)CC[C@@]21C)C5)C1=CC(C)(C)OC(C)(C)C1[C@@H]3O. The van der Waals surface area contributed by atoms with Gasteiger partial charge in [0, 0.05) is 61.1 Å². The predicted molar refractivity (Wildman–Crippen MR) is 205 cm³/mol. The summed E-state index contributed by atoms with van der Waals surface area (Å²) in [6.45, 7) is 22.3. The first-order valence-electron chi connectivity index (χ1n) is 19.5. The number of nitrogens with zero attached hydrogens (tertiary/aromatic N) is 3. The first kappa shape index (κ1) is 35.8. The Bertz CT molecular complexity index is 2020. The van der Waals surface area contributed by atoms with Gasteiger partial charge in [0.1, 0.15) is 6.04 Å².